The lowest BCUT2D eigenvalue weighted by molar-refractivity contribution is -0.123. The quantitative estimate of drug-likeness (QED) is 0.814. The van der Waals surface area contributed by atoms with Crippen LogP contribution in [0.1, 0.15) is 30.0 Å². The van der Waals surface area contributed by atoms with E-state index in [0.717, 1.165) is 44.5 Å². The van der Waals surface area contributed by atoms with E-state index in [9.17, 15) is 4.79 Å². The Kier molecular flexibility index (Phi) is 7.96. The average Bonchev–Trinajstić information content (AvgIpc) is 3.08. The zero-order valence-corrected chi connectivity index (χ0v) is 16.9. The fourth-order valence-corrected chi connectivity index (χ4v) is 4.00. The molecule has 1 unspecified atom stereocenters. The SMILES string of the molecule is Cl.Cl.O=C(N[C@H]1CCCNC1)C(c1ccccc1)N1CCc2ccccc21. The summed E-state index contributed by atoms with van der Waals surface area (Å²) >= 11 is 0. The first-order valence-electron chi connectivity index (χ1n) is 9.23. The third-order valence-electron chi connectivity index (χ3n) is 5.24. The summed E-state index contributed by atoms with van der Waals surface area (Å²) in [6, 6.07) is 18.5. The van der Waals surface area contributed by atoms with Crippen LogP contribution in [0.5, 0.6) is 0 Å². The van der Waals surface area contributed by atoms with Gasteiger partial charge in [-0.3, -0.25) is 4.79 Å². The molecule has 2 atom stereocenters. The number of hydrogen-bond acceptors (Lipinski definition) is 3. The van der Waals surface area contributed by atoms with Crippen LogP contribution in [-0.2, 0) is 11.2 Å². The predicted octanol–water partition coefficient (Wildman–Crippen LogP) is 3.50. The molecule has 2 aromatic carbocycles. The number of carbonyl (C=O) groups is 1. The van der Waals surface area contributed by atoms with Crippen molar-refractivity contribution in [2.75, 3.05) is 24.5 Å². The Hall–Kier alpha value is -1.75. The number of fused-ring (bicyclic) bond motifs is 1. The van der Waals surface area contributed by atoms with Crippen LogP contribution in [0.25, 0.3) is 0 Å². The van der Waals surface area contributed by atoms with Gasteiger partial charge in [0, 0.05) is 24.8 Å². The molecule has 0 spiro atoms. The monoisotopic (exact) mass is 407 g/mol. The molecule has 0 aliphatic carbocycles. The van der Waals surface area contributed by atoms with Gasteiger partial charge in [0.15, 0.2) is 0 Å². The third-order valence-corrected chi connectivity index (χ3v) is 5.24. The predicted molar refractivity (Wildman–Crippen MR) is 115 cm³/mol. The van der Waals surface area contributed by atoms with E-state index >= 15 is 0 Å². The molecule has 4 nitrogen and oxygen atoms in total. The molecule has 2 aliphatic rings. The van der Waals surface area contributed by atoms with Crippen LogP contribution in [-0.4, -0.2) is 31.6 Å². The van der Waals surface area contributed by atoms with E-state index < -0.39 is 0 Å². The van der Waals surface area contributed by atoms with Gasteiger partial charge in [0.25, 0.3) is 0 Å². The Morgan fingerprint density at radius 3 is 2.56 bits per heavy atom. The molecule has 146 valence electrons. The van der Waals surface area contributed by atoms with Crippen LogP contribution in [0.15, 0.2) is 54.6 Å². The number of para-hydroxylation sites is 1. The first kappa shape index (κ1) is 21.5. The topological polar surface area (TPSA) is 44.4 Å². The molecule has 6 heteroatoms. The fraction of sp³-hybridized carbons (Fsp3) is 0.381. The minimum Gasteiger partial charge on any atom is -0.355 e. The second kappa shape index (κ2) is 9.98. The zero-order chi connectivity index (χ0) is 17.1. The third kappa shape index (κ3) is 4.75. The van der Waals surface area contributed by atoms with Crippen LogP contribution >= 0.6 is 24.8 Å². The van der Waals surface area contributed by atoms with Crippen LogP contribution in [0.4, 0.5) is 5.69 Å². The summed E-state index contributed by atoms with van der Waals surface area (Å²) in [4.78, 5) is 15.5. The Bertz CT molecular complexity index is 735. The van der Waals surface area contributed by atoms with Crippen LogP contribution in [0, 0.1) is 0 Å². The van der Waals surface area contributed by atoms with Crippen molar-refractivity contribution in [3.05, 3.63) is 65.7 Å². The molecule has 2 aliphatic heterocycles. The average molecular weight is 408 g/mol. The maximum absolute atomic E-state index is 13.2. The number of amides is 1. The van der Waals surface area contributed by atoms with Crippen molar-refractivity contribution in [1.29, 1.82) is 0 Å². The maximum Gasteiger partial charge on any atom is 0.247 e. The van der Waals surface area contributed by atoms with Crippen molar-refractivity contribution < 1.29 is 4.79 Å². The number of anilines is 1. The van der Waals surface area contributed by atoms with E-state index in [0.29, 0.717) is 0 Å². The minimum absolute atomic E-state index is 0. The highest BCUT2D eigenvalue weighted by atomic mass is 35.5. The summed E-state index contributed by atoms with van der Waals surface area (Å²) in [7, 11) is 0. The molecule has 0 radical (unpaired) electrons. The number of carbonyl (C=O) groups excluding carboxylic acids is 1. The minimum atomic E-state index is -0.272. The number of nitrogens with one attached hydrogen (secondary N) is 2. The summed E-state index contributed by atoms with van der Waals surface area (Å²) in [5, 5.41) is 6.66. The van der Waals surface area contributed by atoms with Crippen LogP contribution in [0.3, 0.4) is 0 Å². The second-order valence-electron chi connectivity index (χ2n) is 6.94. The van der Waals surface area contributed by atoms with Gasteiger partial charge in [-0.15, -0.1) is 24.8 Å². The number of hydrogen-bond donors (Lipinski definition) is 2. The molecule has 2 heterocycles. The maximum atomic E-state index is 13.2. The van der Waals surface area contributed by atoms with Gasteiger partial charge in [0.1, 0.15) is 6.04 Å². The summed E-state index contributed by atoms with van der Waals surface area (Å²) in [6.45, 7) is 2.80. The van der Waals surface area contributed by atoms with Gasteiger partial charge in [0.05, 0.1) is 0 Å². The lowest BCUT2D eigenvalue weighted by atomic mass is 10.0. The van der Waals surface area contributed by atoms with Gasteiger partial charge in [-0.1, -0.05) is 48.5 Å². The van der Waals surface area contributed by atoms with Gasteiger partial charge in [-0.2, -0.15) is 0 Å². The largest absolute Gasteiger partial charge is 0.355 e. The van der Waals surface area contributed by atoms with Gasteiger partial charge < -0.3 is 15.5 Å². The van der Waals surface area contributed by atoms with Crippen LogP contribution < -0.4 is 15.5 Å². The highest BCUT2D eigenvalue weighted by molar-refractivity contribution is 5.88. The smallest absolute Gasteiger partial charge is 0.247 e. The van der Waals surface area contributed by atoms with Crippen molar-refractivity contribution in [3.8, 4) is 0 Å². The van der Waals surface area contributed by atoms with Crippen LogP contribution in [0.2, 0.25) is 0 Å². The molecule has 0 aromatic heterocycles. The lowest BCUT2D eigenvalue weighted by Gasteiger charge is -2.32. The zero-order valence-electron chi connectivity index (χ0n) is 15.3. The van der Waals surface area contributed by atoms with E-state index in [1.165, 1.54) is 11.3 Å². The summed E-state index contributed by atoms with van der Waals surface area (Å²) in [6.07, 6.45) is 3.17. The molecule has 1 amide bonds. The molecule has 4 rings (SSSR count). The lowest BCUT2D eigenvalue weighted by Crippen LogP contribution is -2.49. The Morgan fingerprint density at radius 1 is 1.07 bits per heavy atom. The number of piperidine rings is 1. The van der Waals surface area contributed by atoms with Crippen molar-refractivity contribution in [2.45, 2.75) is 31.3 Å². The highest BCUT2D eigenvalue weighted by Crippen LogP contribution is 2.35. The number of halogens is 2. The summed E-state index contributed by atoms with van der Waals surface area (Å²) < 4.78 is 0. The standard InChI is InChI=1S/C21H25N3O.2ClH/c25-21(23-18-10-6-13-22-15-18)20(17-8-2-1-3-9-17)24-14-12-16-7-4-5-11-19(16)24;;/h1-5,7-9,11,18,20,22H,6,10,12-15H2,(H,23,25);2*1H/t18-,20?;;/m0../s1. The van der Waals surface area contributed by atoms with E-state index in [-0.39, 0.29) is 42.8 Å². The van der Waals surface area contributed by atoms with E-state index in [4.69, 9.17) is 0 Å². The summed E-state index contributed by atoms with van der Waals surface area (Å²) in [5.74, 6) is 0.108. The van der Waals surface area contributed by atoms with Gasteiger partial charge >= 0.3 is 0 Å². The molecule has 0 bridgehead atoms. The van der Waals surface area contributed by atoms with E-state index in [1.807, 2.05) is 18.2 Å². The fourth-order valence-electron chi connectivity index (χ4n) is 4.00. The Balaban J connectivity index is 0.00000131. The van der Waals surface area contributed by atoms with E-state index in [2.05, 4.69) is 51.9 Å². The number of rotatable bonds is 4. The molecule has 2 N–H and O–H groups in total. The van der Waals surface area contributed by atoms with Crippen molar-refractivity contribution in [2.24, 2.45) is 0 Å². The normalized spacial score (nSPS) is 19.3. The molecular weight excluding hydrogens is 381 g/mol. The summed E-state index contributed by atoms with van der Waals surface area (Å²) in [5.41, 5.74) is 3.57. The first-order chi connectivity index (χ1) is 12.3. The molecule has 1 fully saturated rings. The number of benzene rings is 2. The van der Waals surface area contributed by atoms with E-state index in [1.54, 1.807) is 0 Å². The second-order valence-corrected chi connectivity index (χ2v) is 6.94. The molecule has 0 saturated carbocycles. The molecule has 27 heavy (non-hydrogen) atoms. The Labute approximate surface area is 173 Å². The van der Waals surface area contributed by atoms with Gasteiger partial charge in [-0.25, -0.2) is 0 Å². The molecular formula is C21H27Cl2N3O. The first-order valence-corrected chi connectivity index (χ1v) is 9.23. The molecule has 1 saturated heterocycles. The Morgan fingerprint density at radius 2 is 1.81 bits per heavy atom. The van der Waals surface area contributed by atoms with Gasteiger partial charge in [0.2, 0.25) is 5.91 Å². The van der Waals surface area contributed by atoms with Crippen molar-refractivity contribution in [1.82, 2.24) is 10.6 Å². The van der Waals surface area contributed by atoms with Crippen molar-refractivity contribution >= 4 is 36.4 Å². The van der Waals surface area contributed by atoms with Gasteiger partial charge in [-0.05, 0) is 43.0 Å². The number of nitrogens with zero attached hydrogens (tertiary/aromatic N) is 1. The highest BCUT2D eigenvalue weighted by Gasteiger charge is 2.33. The molecule has 2 aromatic rings. The van der Waals surface area contributed by atoms with Crippen molar-refractivity contribution in [3.63, 3.8) is 0 Å².